The van der Waals surface area contributed by atoms with Crippen LogP contribution >= 0.6 is 9.24 Å². The van der Waals surface area contributed by atoms with E-state index in [1.54, 1.807) is 0 Å². The standard InChI is InChI=1S/C30H41N2OP.C4H8N2O3/c1-6-22-14-18-30(19-15-22)31-27(24-8-7-9-25(34)20-24)28(33)32(30)26(16-17-29(3,4)5)23-12-10-21(2)11-13-23;5-3(4(8)9)1-6-2-7/h7-13,20,22,26H,6,14-19,34H2,1-5H3;2-3H,1,5H2,(H,6,7)(H,8,9). The molecule has 3 unspecified atom stereocenters. The lowest BCUT2D eigenvalue weighted by molar-refractivity contribution is -0.138. The number of aryl methyl sites for hydroxylation is 1. The van der Waals surface area contributed by atoms with Crippen LogP contribution in [0.15, 0.2) is 53.5 Å². The molecular weight excluding hydrogens is 559 g/mol. The number of benzene rings is 2. The Balaban J connectivity index is 0.000000489. The number of carboxylic acids is 1. The maximum atomic E-state index is 14.2. The van der Waals surface area contributed by atoms with Crippen LogP contribution in [-0.2, 0) is 14.4 Å². The molecule has 1 fully saturated rings. The fraction of sp³-hybridized carbons (Fsp3) is 0.529. The minimum atomic E-state index is -1.12. The van der Waals surface area contributed by atoms with Crippen molar-refractivity contribution in [3.8, 4) is 0 Å². The summed E-state index contributed by atoms with van der Waals surface area (Å²) < 4.78 is 0. The largest absolute Gasteiger partial charge is 0.480 e. The molecule has 0 radical (unpaired) electrons. The van der Waals surface area contributed by atoms with Gasteiger partial charge in [-0.15, -0.1) is 9.24 Å². The van der Waals surface area contributed by atoms with Crippen molar-refractivity contribution in [2.45, 2.75) is 97.3 Å². The highest BCUT2D eigenvalue weighted by atomic mass is 31.0. The smallest absolute Gasteiger partial charge is 0.322 e. The molecule has 4 N–H and O–H groups in total. The molecule has 1 spiro atoms. The number of carboxylic acid groups (broad SMARTS) is 1. The van der Waals surface area contributed by atoms with Crippen molar-refractivity contribution in [1.82, 2.24) is 10.2 Å². The quantitative estimate of drug-likeness (QED) is 0.255. The molecule has 1 heterocycles. The van der Waals surface area contributed by atoms with Gasteiger partial charge in [0.2, 0.25) is 6.41 Å². The summed E-state index contributed by atoms with van der Waals surface area (Å²) in [5.74, 6) is -0.279. The average molecular weight is 609 g/mol. The van der Waals surface area contributed by atoms with Crippen molar-refractivity contribution in [2.75, 3.05) is 6.54 Å². The topological polar surface area (TPSA) is 125 Å². The molecule has 0 bridgehead atoms. The van der Waals surface area contributed by atoms with Gasteiger partial charge in [-0.1, -0.05) is 82.1 Å². The zero-order chi connectivity index (χ0) is 31.8. The summed E-state index contributed by atoms with van der Waals surface area (Å²) in [5.41, 5.74) is 8.83. The summed E-state index contributed by atoms with van der Waals surface area (Å²) in [5, 5.41) is 11.4. The molecule has 9 heteroatoms. The second-order valence-corrected chi connectivity index (χ2v) is 13.8. The summed E-state index contributed by atoms with van der Waals surface area (Å²) in [6.07, 6.45) is 7.81. The van der Waals surface area contributed by atoms with Crippen molar-refractivity contribution in [3.05, 3.63) is 65.2 Å². The number of carbonyl (C=O) groups excluding carboxylic acids is 2. The third-order valence-electron chi connectivity index (χ3n) is 8.51. The van der Waals surface area contributed by atoms with Gasteiger partial charge in [0.25, 0.3) is 5.91 Å². The van der Waals surface area contributed by atoms with Gasteiger partial charge in [0.15, 0.2) is 0 Å². The molecule has 2 amide bonds. The molecule has 1 saturated carbocycles. The summed E-state index contributed by atoms with van der Waals surface area (Å²) in [6.45, 7) is 11.3. The van der Waals surface area contributed by atoms with E-state index in [0.29, 0.717) is 12.1 Å². The van der Waals surface area contributed by atoms with E-state index in [-0.39, 0.29) is 23.9 Å². The average Bonchev–Trinajstić information content (AvgIpc) is 3.24. The highest BCUT2D eigenvalue weighted by Crippen LogP contribution is 2.47. The molecule has 2 aromatic rings. The Morgan fingerprint density at radius 3 is 2.40 bits per heavy atom. The lowest BCUT2D eigenvalue weighted by Gasteiger charge is -2.45. The number of rotatable bonds is 10. The maximum absolute atomic E-state index is 14.2. The van der Waals surface area contributed by atoms with Gasteiger partial charge in [0.05, 0.1) is 6.04 Å². The first kappa shape index (κ1) is 34.4. The van der Waals surface area contributed by atoms with Gasteiger partial charge < -0.3 is 21.1 Å². The number of hydrogen-bond donors (Lipinski definition) is 3. The van der Waals surface area contributed by atoms with Crippen LogP contribution in [0.4, 0.5) is 0 Å². The molecule has 43 heavy (non-hydrogen) atoms. The Kier molecular flexibility index (Phi) is 12.1. The van der Waals surface area contributed by atoms with Gasteiger partial charge in [-0.2, -0.15) is 0 Å². The Morgan fingerprint density at radius 1 is 1.21 bits per heavy atom. The molecule has 0 aromatic heterocycles. The number of nitrogens with zero attached hydrogens (tertiary/aromatic N) is 2. The molecule has 8 nitrogen and oxygen atoms in total. The molecule has 1 aliphatic heterocycles. The minimum absolute atomic E-state index is 0.0289. The Bertz CT molecular complexity index is 1280. The van der Waals surface area contributed by atoms with Gasteiger partial charge in [0, 0.05) is 12.1 Å². The summed E-state index contributed by atoms with van der Waals surface area (Å²) >= 11 is 0. The van der Waals surface area contributed by atoms with E-state index in [1.807, 2.05) is 18.2 Å². The van der Waals surface area contributed by atoms with Crippen molar-refractivity contribution in [1.29, 1.82) is 0 Å². The van der Waals surface area contributed by atoms with E-state index in [2.05, 4.69) is 84.4 Å². The first-order valence-corrected chi connectivity index (χ1v) is 15.9. The van der Waals surface area contributed by atoms with E-state index < -0.39 is 17.7 Å². The first-order valence-electron chi connectivity index (χ1n) is 15.3. The number of aliphatic imine (C=N–C) groups is 1. The fourth-order valence-corrected chi connectivity index (χ4v) is 6.18. The second kappa shape index (κ2) is 15.1. The van der Waals surface area contributed by atoms with Gasteiger partial charge in [-0.25, -0.2) is 0 Å². The predicted molar refractivity (Wildman–Crippen MR) is 176 cm³/mol. The Morgan fingerprint density at radius 2 is 1.86 bits per heavy atom. The number of aliphatic carboxylic acids is 1. The third-order valence-corrected chi connectivity index (χ3v) is 8.87. The van der Waals surface area contributed by atoms with Crippen LogP contribution in [-0.4, -0.2) is 52.3 Å². The van der Waals surface area contributed by atoms with E-state index in [9.17, 15) is 14.4 Å². The van der Waals surface area contributed by atoms with Crippen molar-refractivity contribution in [2.24, 2.45) is 22.1 Å². The van der Waals surface area contributed by atoms with Crippen LogP contribution in [0.1, 0.15) is 95.4 Å². The van der Waals surface area contributed by atoms with Crippen molar-refractivity contribution in [3.63, 3.8) is 0 Å². The molecule has 0 saturated heterocycles. The third kappa shape index (κ3) is 9.20. The Labute approximate surface area is 259 Å². The van der Waals surface area contributed by atoms with Gasteiger partial charge in [-0.05, 0) is 73.7 Å². The zero-order valence-electron chi connectivity index (χ0n) is 26.3. The number of hydrogen-bond acceptors (Lipinski definition) is 5. The minimum Gasteiger partial charge on any atom is -0.480 e. The van der Waals surface area contributed by atoms with Gasteiger partial charge in [-0.3, -0.25) is 19.4 Å². The van der Waals surface area contributed by atoms with E-state index in [4.69, 9.17) is 15.8 Å². The molecule has 3 atom stereocenters. The van der Waals surface area contributed by atoms with E-state index in [0.717, 1.165) is 55.3 Å². The monoisotopic (exact) mass is 608 g/mol. The van der Waals surface area contributed by atoms with Crippen LogP contribution in [0.25, 0.3) is 0 Å². The first-order chi connectivity index (χ1) is 20.3. The fourth-order valence-electron chi connectivity index (χ4n) is 5.88. The van der Waals surface area contributed by atoms with Crippen LogP contribution in [0, 0.1) is 18.3 Å². The molecule has 1 aliphatic carbocycles. The lowest BCUT2D eigenvalue weighted by atomic mass is 9.78. The van der Waals surface area contributed by atoms with Crippen molar-refractivity contribution >= 4 is 38.5 Å². The van der Waals surface area contributed by atoms with Crippen LogP contribution < -0.4 is 16.4 Å². The molecule has 234 valence electrons. The normalized spacial score (nSPS) is 21.5. The maximum Gasteiger partial charge on any atom is 0.322 e. The van der Waals surface area contributed by atoms with Crippen LogP contribution in [0.5, 0.6) is 0 Å². The van der Waals surface area contributed by atoms with Crippen LogP contribution in [0.3, 0.4) is 0 Å². The van der Waals surface area contributed by atoms with Crippen LogP contribution in [0.2, 0.25) is 0 Å². The van der Waals surface area contributed by atoms with E-state index in [1.165, 1.54) is 17.5 Å². The Hall–Kier alpha value is -3.09. The molecular formula is C34H49N4O4P. The second-order valence-electron chi connectivity index (χ2n) is 13.1. The highest BCUT2D eigenvalue weighted by Gasteiger charge is 2.51. The summed E-state index contributed by atoms with van der Waals surface area (Å²) in [6, 6.07) is 16.0. The molecule has 2 aliphatic rings. The zero-order valence-corrected chi connectivity index (χ0v) is 27.5. The lowest BCUT2D eigenvalue weighted by Crippen LogP contribution is -2.51. The number of nitrogens with one attached hydrogen (secondary N) is 1. The van der Waals surface area contributed by atoms with Gasteiger partial charge >= 0.3 is 5.97 Å². The van der Waals surface area contributed by atoms with Crippen molar-refractivity contribution < 1.29 is 19.5 Å². The van der Waals surface area contributed by atoms with E-state index >= 15 is 0 Å². The summed E-state index contributed by atoms with van der Waals surface area (Å²) in [4.78, 5) is 41.3. The number of carbonyl (C=O) groups is 3. The predicted octanol–water partition coefficient (Wildman–Crippen LogP) is 5.14. The molecule has 4 rings (SSSR count). The number of amides is 2. The summed E-state index contributed by atoms with van der Waals surface area (Å²) in [7, 11) is 2.75. The SMILES string of the molecule is CCC1CCC2(CC1)N=C(c1cccc(P)c1)C(=O)N2C(CCC(C)(C)C)c1ccc(C)cc1.NC(CNC=O)C(=O)O. The number of nitrogens with two attached hydrogens (primary N) is 1. The molecule has 2 aromatic carbocycles. The highest BCUT2D eigenvalue weighted by molar-refractivity contribution is 7.27. The van der Waals surface area contributed by atoms with Gasteiger partial charge in [0.1, 0.15) is 17.4 Å².